The van der Waals surface area contributed by atoms with Gasteiger partial charge in [0.2, 0.25) is 0 Å². The Morgan fingerprint density at radius 2 is 1.88 bits per heavy atom. The van der Waals surface area contributed by atoms with Gasteiger partial charge in [-0.2, -0.15) is 0 Å². The van der Waals surface area contributed by atoms with Gasteiger partial charge in [-0.05, 0) is 23.1 Å². The molecule has 1 aromatic carbocycles. The van der Waals surface area contributed by atoms with Crippen molar-refractivity contribution in [1.29, 1.82) is 0 Å². The van der Waals surface area contributed by atoms with Gasteiger partial charge in [0.25, 0.3) is 0 Å². The number of amides is 2. The second-order valence-electron chi connectivity index (χ2n) is 4.90. The summed E-state index contributed by atoms with van der Waals surface area (Å²) in [4.78, 5) is 11.4. The van der Waals surface area contributed by atoms with E-state index in [-0.39, 0.29) is 11.4 Å². The number of carbonyl (C=O) groups excluding carboxylic acids is 1. The molecular formula is C13H19ClN2O. The summed E-state index contributed by atoms with van der Waals surface area (Å²) in [5, 5.41) is 5.39. The zero-order valence-corrected chi connectivity index (χ0v) is 11.3. The van der Waals surface area contributed by atoms with Crippen LogP contribution >= 0.6 is 11.6 Å². The molecule has 0 aliphatic rings. The van der Waals surface area contributed by atoms with E-state index in [0.717, 1.165) is 5.69 Å². The topological polar surface area (TPSA) is 41.1 Å². The summed E-state index contributed by atoms with van der Waals surface area (Å²) in [6.07, 6.45) is 0. The number of rotatable bonds is 3. The molecule has 0 spiro atoms. The highest BCUT2D eigenvalue weighted by Crippen LogP contribution is 2.23. The molecule has 4 heteroatoms. The highest BCUT2D eigenvalue weighted by Gasteiger charge is 2.12. The van der Waals surface area contributed by atoms with Gasteiger partial charge in [-0.3, -0.25) is 0 Å². The second-order valence-corrected chi connectivity index (χ2v) is 5.28. The van der Waals surface area contributed by atoms with Crippen molar-refractivity contribution in [3.05, 3.63) is 29.8 Å². The van der Waals surface area contributed by atoms with Crippen LogP contribution in [0.25, 0.3) is 0 Å². The van der Waals surface area contributed by atoms with Crippen LogP contribution in [0.5, 0.6) is 0 Å². The standard InChI is InChI=1S/C13H19ClN2O/c1-13(2,3)10-4-6-11(7-5-10)16-12(17)15-9-8-14/h4-7H,8-9H2,1-3H3,(H2,15,16,17)/i8+2. The number of hydrogen-bond donors (Lipinski definition) is 2. The number of benzene rings is 1. The van der Waals surface area contributed by atoms with E-state index in [2.05, 4.69) is 31.4 Å². The summed E-state index contributed by atoms with van der Waals surface area (Å²) in [5.74, 6) is 0.413. The molecule has 0 saturated carbocycles. The third-order valence-corrected chi connectivity index (χ3v) is 2.58. The Hall–Kier alpha value is -1.22. The fourth-order valence-electron chi connectivity index (χ4n) is 1.39. The molecule has 0 unspecified atom stereocenters. The zero-order chi connectivity index (χ0) is 12.9. The van der Waals surface area contributed by atoms with E-state index in [0.29, 0.717) is 12.4 Å². The number of alkyl halides is 1. The lowest BCUT2D eigenvalue weighted by molar-refractivity contribution is 0.252. The Bertz CT molecular complexity index is 368. The summed E-state index contributed by atoms with van der Waals surface area (Å²) >= 11 is 5.48. The molecule has 94 valence electrons. The van der Waals surface area contributed by atoms with E-state index in [4.69, 9.17) is 11.6 Å². The average molecular weight is 257 g/mol. The molecule has 2 N–H and O–H groups in total. The van der Waals surface area contributed by atoms with Gasteiger partial charge in [0.15, 0.2) is 0 Å². The van der Waals surface area contributed by atoms with E-state index in [1.165, 1.54) is 5.56 Å². The second kappa shape index (κ2) is 5.92. The van der Waals surface area contributed by atoms with Gasteiger partial charge < -0.3 is 10.6 Å². The van der Waals surface area contributed by atoms with Gasteiger partial charge in [-0.15, -0.1) is 11.6 Å². The van der Waals surface area contributed by atoms with Gasteiger partial charge in [-0.1, -0.05) is 32.9 Å². The van der Waals surface area contributed by atoms with Crippen LogP contribution in [0.4, 0.5) is 10.5 Å². The first-order chi connectivity index (χ1) is 7.93. The molecule has 0 saturated heterocycles. The maximum absolute atomic E-state index is 11.4. The largest absolute Gasteiger partial charge is 0.337 e. The normalized spacial score (nSPS) is 11.1. The maximum Gasteiger partial charge on any atom is 0.319 e. The molecule has 0 heterocycles. The Kier molecular flexibility index (Phi) is 4.82. The van der Waals surface area contributed by atoms with Crippen molar-refractivity contribution in [3.63, 3.8) is 0 Å². The van der Waals surface area contributed by atoms with E-state index in [1.807, 2.05) is 24.3 Å². The minimum atomic E-state index is -0.228. The first-order valence-corrected chi connectivity index (χ1v) is 6.18. The van der Waals surface area contributed by atoms with Crippen LogP contribution in [0, 0.1) is 0 Å². The first kappa shape index (κ1) is 13.8. The molecule has 1 aromatic rings. The summed E-state index contributed by atoms with van der Waals surface area (Å²) in [7, 11) is 0. The van der Waals surface area contributed by atoms with Crippen LogP contribution in [-0.2, 0) is 5.41 Å². The van der Waals surface area contributed by atoms with Crippen LogP contribution in [0.1, 0.15) is 26.3 Å². The maximum atomic E-state index is 11.4. The van der Waals surface area contributed by atoms with Crippen molar-refractivity contribution < 1.29 is 4.79 Å². The van der Waals surface area contributed by atoms with Gasteiger partial charge in [0.05, 0.1) is 0 Å². The molecular weight excluding hydrogens is 238 g/mol. The lowest BCUT2D eigenvalue weighted by Crippen LogP contribution is -2.30. The lowest BCUT2D eigenvalue weighted by atomic mass is 9.87. The molecule has 0 aliphatic carbocycles. The molecule has 2 amide bonds. The molecule has 0 radical (unpaired) electrons. The monoisotopic (exact) mass is 256 g/mol. The van der Waals surface area contributed by atoms with Gasteiger partial charge >= 0.3 is 6.03 Å². The predicted molar refractivity (Wildman–Crippen MR) is 72.9 cm³/mol. The number of anilines is 1. The van der Waals surface area contributed by atoms with Crippen molar-refractivity contribution in [3.8, 4) is 0 Å². The fraction of sp³-hybridized carbons (Fsp3) is 0.462. The first-order valence-electron chi connectivity index (χ1n) is 5.65. The highest BCUT2D eigenvalue weighted by atomic mass is 35.5. The van der Waals surface area contributed by atoms with Gasteiger partial charge in [0, 0.05) is 18.1 Å². The molecule has 0 bridgehead atoms. The van der Waals surface area contributed by atoms with Crippen molar-refractivity contribution in [2.24, 2.45) is 0 Å². The quantitative estimate of drug-likeness (QED) is 0.800. The molecule has 0 fully saturated rings. The molecule has 0 aliphatic heterocycles. The third-order valence-electron chi connectivity index (χ3n) is 2.39. The summed E-state index contributed by atoms with van der Waals surface area (Å²) in [5.41, 5.74) is 2.15. The minimum absolute atomic E-state index is 0.124. The van der Waals surface area contributed by atoms with E-state index in [1.54, 1.807) is 0 Å². The summed E-state index contributed by atoms with van der Waals surface area (Å²) < 4.78 is 0. The molecule has 0 aromatic heterocycles. The molecule has 3 nitrogen and oxygen atoms in total. The van der Waals surface area contributed by atoms with E-state index in [9.17, 15) is 4.79 Å². The Morgan fingerprint density at radius 1 is 1.29 bits per heavy atom. The van der Waals surface area contributed by atoms with Crippen LogP contribution in [0.2, 0.25) is 0 Å². The summed E-state index contributed by atoms with van der Waals surface area (Å²) in [6.45, 7) is 6.93. The number of nitrogens with one attached hydrogen (secondary N) is 2. The van der Waals surface area contributed by atoms with Crippen molar-refractivity contribution in [2.45, 2.75) is 26.2 Å². The number of carbonyl (C=O) groups is 1. The predicted octanol–water partition coefficient (Wildman–Crippen LogP) is 3.34. The Balaban J connectivity index is 2.60. The number of halogens is 1. The lowest BCUT2D eigenvalue weighted by Gasteiger charge is -2.19. The number of urea groups is 1. The van der Waals surface area contributed by atoms with Crippen LogP contribution in [0.15, 0.2) is 24.3 Å². The SMILES string of the molecule is CC(C)(C)c1ccc(NC(=O)NC[14CH2]Cl)cc1. The summed E-state index contributed by atoms with van der Waals surface area (Å²) in [6, 6.07) is 7.63. The minimum Gasteiger partial charge on any atom is -0.337 e. The average Bonchev–Trinajstić information content (AvgIpc) is 2.26. The van der Waals surface area contributed by atoms with Gasteiger partial charge in [0.1, 0.15) is 0 Å². The van der Waals surface area contributed by atoms with E-state index >= 15 is 0 Å². The third kappa shape index (κ3) is 4.65. The molecule has 17 heavy (non-hydrogen) atoms. The Morgan fingerprint density at radius 3 is 2.35 bits per heavy atom. The van der Waals surface area contributed by atoms with Crippen LogP contribution < -0.4 is 10.6 Å². The van der Waals surface area contributed by atoms with Crippen molar-refractivity contribution in [1.82, 2.24) is 5.32 Å². The number of hydrogen-bond acceptors (Lipinski definition) is 1. The van der Waals surface area contributed by atoms with Crippen LogP contribution in [-0.4, -0.2) is 18.5 Å². The zero-order valence-electron chi connectivity index (χ0n) is 10.5. The Labute approximate surface area is 108 Å². The highest BCUT2D eigenvalue weighted by molar-refractivity contribution is 6.18. The fourth-order valence-corrected chi connectivity index (χ4v) is 1.48. The van der Waals surface area contributed by atoms with Gasteiger partial charge in [-0.25, -0.2) is 4.79 Å². The molecule has 0 atom stereocenters. The smallest absolute Gasteiger partial charge is 0.319 e. The molecule has 1 rings (SSSR count). The van der Waals surface area contributed by atoms with Crippen molar-refractivity contribution >= 4 is 23.3 Å². The van der Waals surface area contributed by atoms with Crippen LogP contribution in [0.3, 0.4) is 0 Å². The van der Waals surface area contributed by atoms with E-state index < -0.39 is 0 Å². The van der Waals surface area contributed by atoms with Crippen molar-refractivity contribution in [2.75, 3.05) is 17.7 Å².